The fourth-order valence-electron chi connectivity index (χ4n) is 1.28. The maximum Gasteiger partial charge on any atom is 0.242 e. The molecule has 0 bridgehead atoms. The molecular weight excluding hydrogens is 294 g/mol. The van der Waals surface area contributed by atoms with Crippen LogP contribution in [0.3, 0.4) is 0 Å². The topological polar surface area (TPSA) is 72.0 Å². The largest absolute Gasteiger partial charge is 0.250 e. The highest BCUT2D eigenvalue weighted by Gasteiger charge is 2.13. The van der Waals surface area contributed by atoms with Crippen LogP contribution >= 0.6 is 22.9 Å². The highest BCUT2D eigenvalue weighted by Crippen LogP contribution is 2.10. The molecular formula is C10H10ClN3O2S2. The first kappa shape index (κ1) is 13.4. The van der Waals surface area contributed by atoms with E-state index in [2.05, 4.69) is 14.7 Å². The number of hydrogen-bond acceptors (Lipinski definition) is 5. The number of rotatable bonds is 5. The highest BCUT2D eigenvalue weighted by molar-refractivity contribution is 7.89. The Morgan fingerprint density at radius 1 is 1.33 bits per heavy atom. The molecule has 2 heterocycles. The summed E-state index contributed by atoms with van der Waals surface area (Å²) in [4.78, 5) is 7.92. The summed E-state index contributed by atoms with van der Waals surface area (Å²) < 4.78 is 26.2. The summed E-state index contributed by atoms with van der Waals surface area (Å²) in [6.45, 7) is 0.300. The van der Waals surface area contributed by atoms with Gasteiger partial charge in [0.25, 0.3) is 0 Å². The zero-order chi connectivity index (χ0) is 13.0. The summed E-state index contributed by atoms with van der Waals surface area (Å²) in [5.41, 5.74) is 2.59. The van der Waals surface area contributed by atoms with Crippen molar-refractivity contribution in [2.24, 2.45) is 0 Å². The van der Waals surface area contributed by atoms with Crippen LogP contribution < -0.4 is 4.72 Å². The van der Waals surface area contributed by atoms with Gasteiger partial charge in [-0.25, -0.2) is 23.1 Å². The van der Waals surface area contributed by atoms with Crippen molar-refractivity contribution < 1.29 is 8.42 Å². The Balaban J connectivity index is 1.97. The van der Waals surface area contributed by atoms with Gasteiger partial charge in [-0.3, -0.25) is 0 Å². The molecule has 0 spiro atoms. The average Bonchev–Trinajstić information content (AvgIpc) is 2.82. The van der Waals surface area contributed by atoms with Crippen LogP contribution in [0.25, 0.3) is 0 Å². The number of nitrogens with one attached hydrogen (secondary N) is 1. The second kappa shape index (κ2) is 5.75. The van der Waals surface area contributed by atoms with Gasteiger partial charge in [0.15, 0.2) is 0 Å². The predicted molar refractivity (Wildman–Crippen MR) is 70.3 cm³/mol. The first-order valence-corrected chi connectivity index (χ1v) is 7.86. The molecule has 0 saturated carbocycles. The Kier molecular flexibility index (Phi) is 4.28. The van der Waals surface area contributed by atoms with Crippen molar-refractivity contribution in [2.45, 2.75) is 11.3 Å². The SMILES string of the molecule is O=S(=O)(NCCc1cscn1)c1ccc(Cl)nc1. The number of sulfonamides is 1. The maximum absolute atomic E-state index is 11.9. The molecule has 0 aliphatic heterocycles. The summed E-state index contributed by atoms with van der Waals surface area (Å²) >= 11 is 7.08. The molecule has 0 aliphatic carbocycles. The van der Waals surface area contributed by atoms with Gasteiger partial charge in [0.1, 0.15) is 10.0 Å². The van der Waals surface area contributed by atoms with Crippen LogP contribution in [0, 0.1) is 0 Å². The van der Waals surface area contributed by atoms with Crippen molar-refractivity contribution in [1.82, 2.24) is 14.7 Å². The van der Waals surface area contributed by atoms with Gasteiger partial charge in [-0.1, -0.05) is 11.6 Å². The van der Waals surface area contributed by atoms with E-state index in [1.807, 2.05) is 5.38 Å². The molecule has 5 nitrogen and oxygen atoms in total. The molecule has 2 aromatic heterocycles. The molecule has 2 aromatic rings. The van der Waals surface area contributed by atoms with Gasteiger partial charge in [0.05, 0.1) is 11.2 Å². The predicted octanol–water partition coefficient (Wildman–Crippen LogP) is 1.71. The van der Waals surface area contributed by atoms with Gasteiger partial charge in [-0.15, -0.1) is 11.3 Å². The summed E-state index contributed by atoms with van der Waals surface area (Å²) in [5.74, 6) is 0. The molecule has 2 rings (SSSR count). The lowest BCUT2D eigenvalue weighted by atomic mass is 10.3. The van der Waals surface area contributed by atoms with E-state index in [1.165, 1.54) is 29.7 Å². The van der Waals surface area contributed by atoms with Crippen LogP contribution in [0.5, 0.6) is 0 Å². The molecule has 18 heavy (non-hydrogen) atoms. The Hall–Kier alpha value is -1.02. The lowest BCUT2D eigenvalue weighted by Gasteiger charge is -2.05. The van der Waals surface area contributed by atoms with Crippen molar-refractivity contribution in [2.75, 3.05) is 6.54 Å². The highest BCUT2D eigenvalue weighted by atomic mass is 35.5. The third-order valence-electron chi connectivity index (χ3n) is 2.17. The number of thiazole rings is 1. The van der Waals surface area contributed by atoms with Crippen LogP contribution in [0.4, 0.5) is 0 Å². The van der Waals surface area contributed by atoms with E-state index >= 15 is 0 Å². The zero-order valence-corrected chi connectivity index (χ0v) is 11.6. The normalized spacial score (nSPS) is 11.6. The second-order valence-corrected chi connectivity index (χ2v) is 6.32. The molecule has 1 N–H and O–H groups in total. The van der Waals surface area contributed by atoms with Crippen LogP contribution in [-0.2, 0) is 16.4 Å². The maximum atomic E-state index is 11.9. The van der Waals surface area contributed by atoms with Crippen molar-refractivity contribution in [3.8, 4) is 0 Å². The van der Waals surface area contributed by atoms with Crippen molar-refractivity contribution in [3.05, 3.63) is 40.1 Å². The third kappa shape index (κ3) is 3.49. The average molecular weight is 304 g/mol. The fraction of sp³-hybridized carbons (Fsp3) is 0.200. The molecule has 0 amide bonds. The molecule has 0 aliphatic rings. The Labute approximate surface area is 114 Å². The lowest BCUT2D eigenvalue weighted by Crippen LogP contribution is -2.26. The monoisotopic (exact) mass is 303 g/mol. The molecule has 96 valence electrons. The molecule has 0 atom stereocenters. The van der Waals surface area contributed by atoms with Gasteiger partial charge < -0.3 is 0 Å². The molecule has 0 saturated heterocycles. The minimum atomic E-state index is -3.53. The molecule has 0 fully saturated rings. The van der Waals surface area contributed by atoms with E-state index in [9.17, 15) is 8.42 Å². The molecule has 0 radical (unpaired) electrons. The van der Waals surface area contributed by atoms with Gasteiger partial charge >= 0.3 is 0 Å². The van der Waals surface area contributed by atoms with Crippen LogP contribution in [-0.4, -0.2) is 24.9 Å². The van der Waals surface area contributed by atoms with E-state index in [0.717, 1.165) is 5.69 Å². The Morgan fingerprint density at radius 3 is 2.78 bits per heavy atom. The van der Waals surface area contributed by atoms with Crippen LogP contribution in [0.2, 0.25) is 5.15 Å². The molecule has 0 unspecified atom stereocenters. The summed E-state index contributed by atoms with van der Waals surface area (Å²) in [5, 5.41) is 2.15. The number of aromatic nitrogens is 2. The smallest absolute Gasteiger partial charge is 0.242 e. The first-order valence-electron chi connectivity index (χ1n) is 5.06. The van der Waals surface area contributed by atoms with Gasteiger partial charge in [-0.2, -0.15) is 0 Å². The van der Waals surface area contributed by atoms with E-state index in [0.29, 0.717) is 13.0 Å². The number of hydrogen-bond donors (Lipinski definition) is 1. The van der Waals surface area contributed by atoms with E-state index in [4.69, 9.17) is 11.6 Å². The van der Waals surface area contributed by atoms with Gasteiger partial charge in [-0.05, 0) is 12.1 Å². The van der Waals surface area contributed by atoms with E-state index in [-0.39, 0.29) is 10.0 Å². The summed E-state index contributed by atoms with van der Waals surface area (Å²) in [7, 11) is -3.53. The van der Waals surface area contributed by atoms with E-state index in [1.54, 1.807) is 5.51 Å². The number of nitrogens with zero attached hydrogens (tertiary/aromatic N) is 2. The fourth-order valence-corrected chi connectivity index (χ4v) is 2.96. The van der Waals surface area contributed by atoms with Gasteiger partial charge in [0.2, 0.25) is 10.0 Å². The van der Waals surface area contributed by atoms with Crippen molar-refractivity contribution in [3.63, 3.8) is 0 Å². The molecule has 0 aromatic carbocycles. The minimum Gasteiger partial charge on any atom is -0.250 e. The quantitative estimate of drug-likeness (QED) is 0.854. The number of halogens is 1. The number of pyridine rings is 1. The van der Waals surface area contributed by atoms with Gasteiger partial charge in [0, 0.05) is 24.5 Å². The first-order chi connectivity index (χ1) is 8.58. The third-order valence-corrected chi connectivity index (χ3v) is 4.47. The van der Waals surface area contributed by atoms with Crippen LogP contribution in [0.1, 0.15) is 5.69 Å². The summed E-state index contributed by atoms with van der Waals surface area (Å²) in [6.07, 6.45) is 1.79. The Morgan fingerprint density at radius 2 is 2.17 bits per heavy atom. The van der Waals surface area contributed by atoms with E-state index < -0.39 is 10.0 Å². The molecule has 8 heteroatoms. The minimum absolute atomic E-state index is 0.102. The summed E-state index contributed by atoms with van der Waals surface area (Å²) in [6, 6.07) is 2.86. The Bertz CT molecular complexity index is 597. The van der Waals surface area contributed by atoms with Crippen molar-refractivity contribution in [1.29, 1.82) is 0 Å². The zero-order valence-electron chi connectivity index (χ0n) is 9.21. The lowest BCUT2D eigenvalue weighted by molar-refractivity contribution is 0.581. The van der Waals surface area contributed by atoms with Crippen LogP contribution in [0.15, 0.2) is 34.1 Å². The second-order valence-electron chi connectivity index (χ2n) is 3.44. The standard InChI is InChI=1S/C10H10ClN3O2S2/c11-10-2-1-9(5-12-10)18(15,16)14-4-3-8-6-17-7-13-8/h1-2,5-7,14H,3-4H2. The van der Waals surface area contributed by atoms with Crippen molar-refractivity contribution >= 4 is 33.0 Å².